The van der Waals surface area contributed by atoms with Crippen molar-refractivity contribution in [1.29, 1.82) is 0 Å². The largest absolute Gasteiger partial charge is 0.550 e. The summed E-state index contributed by atoms with van der Waals surface area (Å²) >= 11 is 1.22. The molecule has 1 heterocycles. The van der Waals surface area contributed by atoms with E-state index in [1.807, 2.05) is 0 Å². The number of fused-ring (bicyclic) bond motifs is 1. The van der Waals surface area contributed by atoms with Gasteiger partial charge in [0.25, 0.3) is 11.8 Å². The zero-order chi connectivity index (χ0) is 13.1. The number of carbonyl (C=O) groups excluding carboxylic acids is 3. The molecule has 0 atom stereocenters. The smallest absolute Gasteiger partial charge is 0.262 e. The van der Waals surface area contributed by atoms with Crippen LogP contribution in [0.15, 0.2) is 24.3 Å². The number of aliphatic carboxylic acids is 1. The van der Waals surface area contributed by atoms with Crippen molar-refractivity contribution in [3.05, 3.63) is 35.4 Å². The van der Waals surface area contributed by atoms with E-state index in [1.54, 1.807) is 24.3 Å². The number of hydrogen-bond acceptors (Lipinski definition) is 5. The van der Waals surface area contributed by atoms with E-state index >= 15 is 0 Å². The predicted octanol–water partition coefficient (Wildman–Crippen LogP) is 0.113. The molecular weight excluding hydrogens is 254 g/mol. The van der Waals surface area contributed by atoms with Gasteiger partial charge in [-0.15, -0.1) is 11.8 Å². The van der Waals surface area contributed by atoms with E-state index in [9.17, 15) is 19.5 Å². The highest BCUT2D eigenvalue weighted by Crippen LogP contribution is 2.24. The number of thioether (sulfide) groups is 1. The number of carboxylic acids is 1. The van der Waals surface area contributed by atoms with Crippen molar-refractivity contribution < 1.29 is 19.5 Å². The van der Waals surface area contributed by atoms with Crippen molar-refractivity contribution in [2.24, 2.45) is 0 Å². The van der Waals surface area contributed by atoms with E-state index < -0.39 is 5.97 Å². The second-order valence-corrected chi connectivity index (χ2v) is 4.82. The Kier molecular flexibility index (Phi) is 3.66. The average molecular weight is 264 g/mol. The van der Waals surface area contributed by atoms with Crippen molar-refractivity contribution in [1.82, 2.24) is 4.90 Å². The van der Waals surface area contributed by atoms with Crippen molar-refractivity contribution in [3.8, 4) is 0 Å². The molecule has 2 amide bonds. The van der Waals surface area contributed by atoms with E-state index in [2.05, 4.69) is 0 Å². The van der Waals surface area contributed by atoms with Crippen LogP contribution in [0.25, 0.3) is 0 Å². The van der Waals surface area contributed by atoms with E-state index in [1.165, 1.54) is 11.8 Å². The molecule has 0 fully saturated rings. The number of imide groups is 1. The number of nitrogens with zero attached hydrogens (tertiary/aromatic N) is 1. The van der Waals surface area contributed by atoms with Crippen molar-refractivity contribution in [3.63, 3.8) is 0 Å². The number of carboxylic acid groups (broad SMARTS) is 1. The van der Waals surface area contributed by atoms with Gasteiger partial charge in [-0.3, -0.25) is 14.5 Å². The minimum absolute atomic E-state index is 0.0894. The molecule has 1 aromatic carbocycles. The quantitative estimate of drug-likeness (QED) is 0.557. The second-order valence-electron chi connectivity index (χ2n) is 3.74. The van der Waals surface area contributed by atoms with Crippen LogP contribution in [0, 0.1) is 0 Å². The first-order valence-corrected chi connectivity index (χ1v) is 6.49. The first-order valence-electron chi connectivity index (χ1n) is 5.34. The molecule has 18 heavy (non-hydrogen) atoms. The summed E-state index contributed by atoms with van der Waals surface area (Å²) in [5, 5.41) is 10.2. The Bertz CT molecular complexity index is 480. The third kappa shape index (κ3) is 2.38. The molecule has 5 nitrogen and oxygen atoms in total. The van der Waals surface area contributed by atoms with Crippen LogP contribution in [0.5, 0.6) is 0 Å². The van der Waals surface area contributed by atoms with Gasteiger partial charge in [-0.2, -0.15) is 0 Å². The van der Waals surface area contributed by atoms with Crippen LogP contribution in [0.3, 0.4) is 0 Å². The lowest BCUT2D eigenvalue weighted by Gasteiger charge is -2.13. The molecule has 6 heteroatoms. The number of hydrogen-bond donors (Lipinski definition) is 0. The number of benzene rings is 1. The van der Waals surface area contributed by atoms with E-state index in [0.717, 1.165) is 4.90 Å². The van der Waals surface area contributed by atoms with Crippen LogP contribution >= 0.6 is 11.8 Å². The summed E-state index contributed by atoms with van der Waals surface area (Å²) in [5.41, 5.74) is 0.811. The molecule has 0 saturated heterocycles. The van der Waals surface area contributed by atoms with Gasteiger partial charge in [-0.05, 0) is 18.6 Å². The lowest BCUT2D eigenvalue weighted by atomic mass is 10.1. The minimum atomic E-state index is -1.13. The maximum absolute atomic E-state index is 11.9. The van der Waals surface area contributed by atoms with Crippen molar-refractivity contribution in [2.45, 2.75) is 6.42 Å². The summed E-state index contributed by atoms with van der Waals surface area (Å²) < 4.78 is 0. The van der Waals surface area contributed by atoms with Gasteiger partial charge in [-0.1, -0.05) is 12.1 Å². The van der Waals surface area contributed by atoms with Gasteiger partial charge in [-0.25, -0.2) is 0 Å². The van der Waals surface area contributed by atoms with Gasteiger partial charge in [0, 0.05) is 11.7 Å². The molecule has 0 bridgehead atoms. The summed E-state index contributed by atoms with van der Waals surface area (Å²) in [7, 11) is 0. The van der Waals surface area contributed by atoms with Crippen LogP contribution in [0.1, 0.15) is 27.1 Å². The van der Waals surface area contributed by atoms with Crippen LogP contribution in [0.4, 0.5) is 0 Å². The lowest BCUT2D eigenvalue weighted by Crippen LogP contribution is -2.29. The zero-order valence-electron chi connectivity index (χ0n) is 9.42. The predicted molar refractivity (Wildman–Crippen MR) is 63.9 cm³/mol. The van der Waals surface area contributed by atoms with Gasteiger partial charge in [0.2, 0.25) is 0 Å². The number of amides is 2. The van der Waals surface area contributed by atoms with Gasteiger partial charge in [0.1, 0.15) is 0 Å². The molecule has 1 aromatic rings. The molecule has 0 radical (unpaired) electrons. The van der Waals surface area contributed by atoms with Crippen LogP contribution < -0.4 is 5.11 Å². The Balaban J connectivity index is 1.99. The monoisotopic (exact) mass is 264 g/mol. The molecule has 0 saturated carbocycles. The summed E-state index contributed by atoms with van der Waals surface area (Å²) in [5.74, 6) is -1.30. The average Bonchev–Trinajstić information content (AvgIpc) is 2.59. The molecule has 0 N–H and O–H groups in total. The molecule has 94 valence electrons. The third-order valence-corrected chi connectivity index (χ3v) is 3.48. The molecule has 0 aromatic heterocycles. The van der Waals surface area contributed by atoms with Gasteiger partial charge >= 0.3 is 0 Å². The van der Waals surface area contributed by atoms with E-state index in [-0.39, 0.29) is 24.1 Å². The Morgan fingerprint density at radius 2 is 1.72 bits per heavy atom. The van der Waals surface area contributed by atoms with Crippen molar-refractivity contribution in [2.75, 3.05) is 11.6 Å². The molecule has 1 aliphatic heterocycles. The maximum atomic E-state index is 11.9. The first-order chi connectivity index (χ1) is 8.61. The number of carbonyl (C=O) groups is 3. The highest BCUT2D eigenvalue weighted by Gasteiger charge is 2.34. The highest BCUT2D eigenvalue weighted by molar-refractivity contribution is 7.99. The minimum Gasteiger partial charge on any atom is -0.550 e. The van der Waals surface area contributed by atoms with Gasteiger partial charge in [0.15, 0.2) is 0 Å². The summed E-state index contributed by atoms with van der Waals surface area (Å²) in [4.78, 5) is 35.2. The fraction of sp³-hybridized carbons (Fsp3) is 0.250. The first kappa shape index (κ1) is 12.6. The molecule has 2 rings (SSSR count). The SMILES string of the molecule is O=C([O-])CCSCN1C(=O)c2ccccc2C1=O. The summed E-state index contributed by atoms with van der Waals surface area (Å²) in [6, 6.07) is 6.64. The second kappa shape index (κ2) is 5.22. The topological polar surface area (TPSA) is 77.5 Å². The fourth-order valence-corrected chi connectivity index (χ4v) is 2.52. The maximum Gasteiger partial charge on any atom is 0.262 e. The Hall–Kier alpha value is -1.82. The highest BCUT2D eigenvalue weighted by atomic mass is 32.2. The van der Waals surface area contributed by atoms with E-state index in [0.29, 0.717) is 16.9 Å². The standard InChI is InChI=1S/C12H11NO4S/c14-10(15)5-6-18-7-13-11(16)8-3-1-2-4-9(8)12(13)17/h1-4H,5-7H2,(H,14,15)/p-1. The molecule has 1 aliphatic rings. The Morgan fingerprint density at radius 1 is 1.17 bits per heavy atom. The molecule has 0 unspecified atom stereocenters. The Labute approximate surface area is 108 Å². The Morgan fingerprint density at radius 3 is 2.22 bits per heavy atom. The fourth-order valence-electron chi connectivity index (χ4n) is 1.67. The van der Waals surface area contributed by atoms with Gasteiger partial charge < -0.3 is 9.90 Å². The summed E-state index contributed by atoms with van der Waals surface area (Å²) in [6.07, 6.45) is -0.0894. The number of rotatable bonds is 5. The lowest BCUT2D eigenvalue weighted by molar-refractivity contribution is -0.305. The normalized spacial score (nSPS) is 13.9. The third-order valence-electron chi connectivity index (χ3n) is 2.55. The summed E-state index contributed by atoms with van der Waals surface area (Å²) in [6.45, 7) is 0. The van der Waals surface area contributed by atoms with Crippen LogP contribution in [-0.2, 0) is 4.79 Å². The zero-order valence-corrected chi connectivity index (χ0v) is 10.2. The molecular formula is C12H10NO4S-. The van der Waals surface area contributed by atoms with Crippen LogP contribution in [-0.4, -0.2) is 34.3 Å². The van der Waals surface area contributed by atoms with Gasteiger partial charge in [0.05, 0.1) is 17.0 Å². The van der Waals surface area contributed by atoms with E-state index in [4.69, 9.17) is 0 Å². The van der Waals surface area contributed by atoms with Crippen LogP contribution in [0.2, 0.25) is 0 Å². The molecule has 0 spiro atoms. The van der Waals surface area contributed by atoms with Crippen molar-refractivity contribution >= 4 is 29.5 Å². The molecule has 0 aliphatic carbocycles.